The van der Waals surface area contributed by atoms with Crippen LogP contribution in [-0.2, 0) is 21.7 Å². The molecule has 0 amide bonds. The van der Waals surface area contributed by atoms with Gasteiger partial charge >= 0.3 is 0 Å². The Balaban J connectivity index is 2.01. The SMILES string of the molecule is CC(C)(C)c1cc(C=Nc2cccc(N=Cc3cc(C(C)(C)C)cc(C(C)(C)C)c3O)n2)c(O)c(C(C)(C)C)c1. The molecule has 2 N–H and O–H groups in total. The van der Waals surface area contributed by atoms with E-state index in [-0.39, 0.29) is 33.2 Å². The van der Waals surface area contributed by atoms with Gasteiger partial charge in [0.05, 0.1) is 0 Å². The quantitative estimate of drug-likeness (QED) is 0.323. The summed E-state index contributed by atoms with van der Waals surface area (Å²) in [5.41, 5.74) is 4.77. The van der Waals surface area contributed by atoms with Gasteiger partial charge in [-0.05, 0) is 57.1 Å². The molecule has 0 radical (unpaired) electrons. The second-order valence-corrected chi connectivity index (χ2v) is 14.8. The first-order chi connectivity index (χ1) is 18.2. The van der Waals surface area contributed by atoms with Gasteiger partial charge in [0.2, 0.25) is 0 Å². The van der Waals surface area contributed by atoms with Crippen molar-refractivity contribution in [2.45, 2.75) is 105 Å². The molecule has 5 heteroatoms. The fourth-order valence-corrected chi connectivity index (χ4v) is 4.35. The summed E-state index contributed by atoms with van der Waals surface area (Å²) in [6.45, 7) is 25.5. The number of nitrogens with zero attached hydrogens (tertiary/aromatic N) is 3. The van der Waals surface area contributed by atoms with Gasteiger partial charge in [-0.2, -0.15) is 0 Å². The van der Waals surface area contributed by atoms with E-state index in [0.29, 0.717) is 22.8 Å². The zero-order valence-electron chi connectivity index (χ0n) is 26.4. The highest BCUT2D eigenvalue weighted by Gasteiger charge is 2.26. The van der Waals surface area contributed by atoms with Crippen molar-refractivity contribution >= 4 is 24.1 Å². The van der Waals surface area contributed by atoms with Gasteiger partial charge < -0.3 is 10.2 Å². The van der Waals surface area contributed by atoms with Crippen molar-refractivity contribution in [2.24, 2.45) is 9.98 Å². The van der Waals surface area contributed by atoms with Gasteiger partial charge in [-0.25, -0.2) is 15.0 Å². The highest BCUT2D eigenvalue weighted by atomic mass is 16.3. The molecule has 0 saturated heterocycles. The Hall–Kier alpha value is -3.47. The molecule has 0 saturated carbocycles. The van der Waals surface area contributed by atoms with Gasteiger partial charge in [-0.1, -0.05) is 101 Å². The van der Waals surface area contributed by atoms with Crippen LogP contribution in [0.5, 0.6) is 11.5 Å². The molecule has 1 aromatic heterocycles. The highest BCUT2D eigenvalue weighted by Crippen LogP contribution is 2.38. The maximum absolute atomic E-state index is 11.1. The van der Waals surface area contributed by atoms with Crippen molar-refractivity contribution in [3.05, 3.63) is 75.8 Å². The standard InChI is InChI=1S/C35H47N3O2/c1-32(2,3)24-16-22(30(39)26(18-24)34(7,8)9)20-36-28-14-13-15-29(38-28)37-21-23-17-25(33(4,5)6)19-27(31(23)40)35(10,11)12/h13-21,39-40H,1-12H3. The van der Waals surface area contributed by atoms with E-state index in [9.17, 15) is 10.2 Å². The van der Waals surface area contributed by atoms with E-state index in [1.54, 1.807) is 24.6 Å². The van der Waals surface area contributed by atoms with Crippen LogP contribution in [0.4, 0.5) is 11.6 Å². The third-order valence-corrected chi connectivity index (χ3v) is 7.02. The Bertz CT molecular complexity index is 1330. The lowest BCUT2D eigenvalue weighted by atomic mass is 9.79. The number of rotatable bonds is 4. The van der Waals surface area contributed by atoms with Gasteiger partial charge in [-0.3, -0.25) is 0 Å². The summed E-state index contributed by atoms with van der Waals surface area (Å²) in [6.07, 6.45) is 3.34. The van der Waals surface area contributed by atoms with Crippen LogP contribution in [0.1, 0.15) is 116 Å². The van der Waals surface area contributed by atoms with Crippen LogP contribution in [0.15, 0.2) is 52.4 Å². The van der Waals surface area contributed by atoms with E-state index < -0.39 is 0 Å². The maximum Gasteiger partial charge on any atom is 0.154 e. The third kappa shape index (κ3) is 7.38. The third-order valence-electron chi connectivity index (χ3n) is 7.02. The van der Waals surface area contributed by atoms with E-state index in [4.69, 9.17) is 0 Å². The number of aromatic hydroxyl groups is 2. The maximum atomic E-state index is 11.1. The molecule has 3 aromatic rings. The number of benzene rings is 2. The molecule has 1 heterocycles. The molecular weight excluding hydrogens is 494 g/mol. The van der Waals surface area contributed by atoms with Crippen LogP contribution in [0, 0.1) is 0 Å². The Morgan fingerprint density at radius 1 is 0.550 bits per heavy atom. The van der Waals surface area contributed by atoms with Crippen molar-refractivity contribution in [1.82, 2.24) is 4.98 Å². The van der Waals surface area contributed by atoms with Crippen molar-refractivity contribution in [3.8, 4) is 11.5 Å². The van der Waals surface area contributed by atoms with E-state index >= 15 is 0 Å². The number of pyridine rings is 1. The normalized spacial score (nSPS) is 13.5. The summed E-state index contributed by atoms with van der Waals surface area (Å²) in [5.74, 6) is 1.44. The highest BCUT2D eigenvalue weighted by molar-refractivity contribution is 5.87. The molecular formula is C35H47N3O2. The molecule has 0 fully saturated rings. The first-order valence-corrected chi connectivity index (χ1v) is 14.0. The number of aliphatic imine (C=N–C) groups is 2. The van der Waals surface area contributed by atoms with Crippen LogP contribution in [0.3, 0.4) is 0 Å². The largest absolute Gasteiger partial charge is 0.507 e. The Kier molecular flexibility index (Phi) is 8.41. The van der Waals surface area contributed by atoms with Crippen molar-refractivity contribution in [1.29, 1.82) is 0 Å². The topological polar surface area (TPSA) is 78.1 Å². The smallest absolute Gasteiger partial charge is 0.154 e. The van der Waals surface area contributed by atoms with Crippen molar-refractivity contribution in [3.63, 3.8) is 0 Å². The molecule has 0 aliphatic carbocycles. The Morgan fingerprint density at radius 2 is 0.900 bits per heavy atom. The molecule has 0 spiro atoms. The summed E-state index contributed by atoms with van der Waals surface area (Å²) < 4.78 is 0. The summed E-state index contributed by atoms with van der Waals surface area (Å²) in [6, 6.07) is 13.6. The lowest BCUT2D eigenvalue weighted by molar-refractivity contribution is 0.443. The average molecular weight is 542 g/mol. The molecule has 40 heavy (non-hydrogen) atoms. The zero-order valence-corrected chi connectivity index (χ0v) is 26.4. The summed E-state index contributed by atoms with van der Waals surface area (Å²) in [7, 11) is 0. The number of hydrogen-bond donors (Lipinski definition) is 2. The first kappa shape index (κ1) is 31.1. The number of phenols is 2. The first-order valence-electron chi connectivity index (χ1n) is 14.0. The molecule has 0 unspecified atom stereocenters. The average Bonchev–Trinajstić information content (AvgIpc) is 2.80. The summed E-state index contributed by atoms with van der Waals surface area (Å²) >= 11 is 0. The minimum absolute atomic E-state index is 0.0775. The lowest BCUT2D eigenvalue weighted by Gasteiger charge is -2.26. The monoisotopic (exact) mass is 541 g/mol. The van der Waals surface area contributed by atoms with Crippen molar-refractivity contribution in [2.75, 3.05) is 0 Å². The predicted octanol–water partition coefficient (Wildman–Crippen LogP) is 9.18. The van der Waals surface area contributed by atoms with Crippen LogP contribution in [0.2, 0.25) is 0 Å². The molecule has 5 nitrogen and oxygen atoms in total. The van der Waals surface area contributed by atoms with Crippen LogP contribution >= 0.6 is 0 Å². The van der Waals surface area contributed by atoms with Gasteiger partial charge in [0.15, 0.2) is 11.6 Å². The van der Waals surface area contributed by atoms with Gasteiger partial charge in [0.1, 0.15) is 11.5 Å². The molecule has 0 aliphatic heterocycles. The number of hydrogen-bond acceptors (Lipinski definition) is 5. The van der Waals surface area contributed by atoms with E-state index in [1.165, 1.54) is 0 Å². The molecule has 0 bridgehead atoms. The second-order valence-electron chi connectivity index (χ2n) is 14.8. The van der Waals surface area contributed by atoms with E-state index in [2.05, 4.69) is 110 Å². The van der Waals surface area contributed by atoms with Crippen LogP contribution < -0.4 is 0 Å². The fourth-order valence-electron chi connectivity index (χ4n) is 4.35. The summed E-state index contributed by atoms with van der Waals surface area (Å²) in [4.78, 5) is 13.8. The van der Waals surface area contributed by atoms with Crippen LogP contribution in [-0.4, -0.2) is 27.6 Å². The fraction of sp³-hybridized carbons (Fsp3) is 0.457. The lowest BCUT2D eigenvalue weighted by Crippen LogP contribution is -2.17. The van der Waals surface area contributed by atoms with Gasteiger partial charge in [0, 0.05) is 34.7 Å². The molecule has 0 aliphatic rings. The Labute approximate surface area is 241 Å². The van der Waals surface area contributed by atoms with E-state index in [0.717, 1.165) is 22.3 Å². The Morgan fingerprint density at radius 3 is 1.20 bits per heavy atom. The minimum Gasteiger partial charge on any atom is -0.507 e. The zero-order chi connectivity index (χ0) is 30.3. The minimum atomic E-state index is -0.219. The van der Waals surface area contributed by atoms with E-state index in [1.807, 2.05) is 18.2 Å². The molecule has 3 rings (SSSR count). The summed E-state index contributed by atoms with van der Waals surface area (Å²) in [5, 5.41) is 22.2. The van der Waals surface area contributed by atoms with Gasteiger partial charge in [0.25, 0.3) is 0 Å². The second kappa shape index (κ2) is 10.8. The number of phenolic OH excluding ortho intramolecular Hbond substituents is 2. The predicted molar refractivity (Wildman–Crippen MR) is 170 cm³/mol. The number of aromatic nitrogens is 1. The molecule has 214 valence electrons. The van der Waals surface area contributed by atoms with Crippen molar-refractivity contribution < 1.29 is 10.2 Å². The van der Waals surface area contributed by atoms with Crippen LogP contribution in [0.25, 0.3) is 0 Å². The van der Waals surface area contributed by atoms with Gasteiger partial charge in [-0.15, -0.1) is 0 Å². The molecule has 2 aromatic carbocycles. The molecule has 0 atom stereocenters.